The van der Waals surface area contributed by atoms with Gasteiger partial charge in [-0.2, -0.15) is 18.3 Å². The number of nitriles is 1. The number of anilines is 1. The molecular weight excluding hydrogens is 601 g/mol. The third kappa shape index (κ3) is 5.97. The molecule has 1 N–H and O–H groups in total. The molecule has 1 aliphatic carbocycles. The van der Waals surface area contributed by atoms with Gasteiger partial charge in [0.2, 0.25) is 0 Å². The molecule has 3 aliphatic heterocycles. The van der Waals surface area contributed by atoms with Gasteiger partial charge in [-0.25, -0.2) is 9.94 Å². The minimum absolute atomic E-state index is 0.0230. The number of fused-ring (bicyclic) bond motifs is 1. The SMILES string of the molecule is C#N.CCN1C(=O)C(NC(=O)c2cccc(C(F)(F)F)c2)C(C2CC2)c2c(C(=O)N3CCS(=O)C3)nn(C3CCOCC3)c21. The Morgan fingerprint density at radius 3 is 2.48 bits per heavy atom. The molecule has 2 aromatic rings. The van der Waals surface area contributed by atoms with E-state index in [1.54, 1.807) is 11.6 Å². The van der Waals surface area contributed by atoms with Crippen molar-refractivity contribution in [1.82, 2.24) is 20.0 Å². The summed E-state index contributed by atoms with van der Waals surface area (Å²) in [5.41, 5.74) is -0.427. The van der Waals surface area contributed by atoms with Crippen molar-refractivity contribution < 1.29 is 36.5 Å². The normalized spacial score (nSPS) is 24.0. The van der Waals surface area contributed by atoms with E-state index in [0.29, 0.717) is 49.7 Å². The molecule has 3 amide bonds. The first-order valence-electron chi connectivity index (χ1n) is 14.5. The minimum Gasteiger partial charge on any atom is -0.381 e. The third-order valence-electron chi connectivity index (χ3n) is 8.50. The number of ether oxygens (including phenoxy) is 1. The quantitative estimate of drug-likeness (QED) is 0.515. The Kier molecular flexibility index (Phi) is 9.12. The molecule has 3 fully saturated rings. The van der Waals surface area contributed by atoms with E-state index in [4.69, 9.17) is 15.1 Å². The van der Waals surface area contributed by atoms with E-state index < -0.39 is 46.3 Å². The number of rotatable bonds is 6. The summed E-state index contributed by atoms with van der Waals surface area (Å²) in [5.74, 6) is -1.19. The maximum atomic E-state index is 14.1. The van der Waals surface area contributed by atoms with Gasteiger partial charge >= 0.3 is 6.18 Å². The van der Waals surface area contributed by atoms with E-state index in [0.717, 1.165) is 31.0 Å². The van der Waals surface area contributed by atoms with Crippen LogP contribution in [0.5, 0.6) is 0 Å². The average molecular weight is 635 g/mol. The van der Waals surface area contributed by atoms with Crippen LogP contribution in [0.4, 0.5) is 19.0 Å². The van der Waals surface area contributed by atoms with Crippen LogP contribution >= 0.6 is 0 Å². The van der Waals surface area contributed by atoms with E-state index in [9.17, 15) is 31.8 Å². The van der Waals surface area contributed by atoms with Crippen molar-refractivity contribution in [1.29, 1.82) is 5.26 Å². The number of amides is 3. The highest BCUT2D eigenvalue weighted by Crippen LogP contribution is 2.52. The minimum atomic E-state index is -4.63. The molecule has 1 saturated carbocycles. The van der Waals surface area contributed by atoms with Crippen LogP contribution in [-0.4, -0.2) is 80.6 Å². The van der Waals surface area contributed by atoms with Gasteiger partial charge in [-0.05, 0) is 56.7 Å². The Morgan fingerprint density at radius 1 is 1.18 bits per heavy atom. The molecule has 44 heavy (non-hydrogen) atoms. The van der Waals surface area contributed by atoms with Crippen LogP contribution in [0, 0.1) is 17.8 Å². The van der Waals surface area contributed by atoms with Gasteiger partial charge in [0.05, 0.1) is 17.5 Å². The highest BCUT2D eigenvalue weighted by atomic mass is 32.2. The second-order valence-corrected chi connectivity index (χ2v) is 12.7. The van der Waals surface area contributed by atoms with Crippen LogP contribution in [-0.2, 0) is 26.5 Å². The molecule has 236 valence electrons. The number of halogens is 3. The van der Waals surface area contributed by atoms with Crippen molar-refractivity contribution in [3.63, 3.8) is 0 Å². The molecule has 2 saturated heterocycles. The first kappa shape index (κ1) is 31.6. The lowest BCUT2D eigenvalue weighted by molar-refractivity contribution is -0.137. The van der Waals surface area contributed by atoms with E-state index in [2.05, 4.69) is 11.9 Å². The Balaban J connectivity index is 0.00000188. The van der Waals surface area contributed by atoms with Crippen molar-refractivity contribution in [3.05, 3.63) is 46.6 Å². The zero-order chi connectivity index (χ0) is 31.8. The van der Waals surface area contributed by atoms with E-state index in [-0.39, 0.29) is 41.5 Å². The summed E-state index contributed by atoms with van der Waals surface area (Å²) in [6.07, 6.45) is -1.81. The van der Waals surface area contributed by atoms with Crippen molar-refractivity contribution in [3.8, 4) is 6.57 Å². The lowest BCUT2D eigenvalue weighted by Crippen LogP contribution is -2.56. The maximum absolute atomic E-state index is 14.1. The number of carbonyl (C=O) groups is 3. The zero-order valence-corrected chi connectivity index (χ0v) is 24.9. The summed E-state index contributed by atoms with van der Waals surface area (Å²) in [7, 11) is -1.16. The van der Waals surface area contributed by atoms with Crippen LogP contribution in [0.25, 0.3) is 0 Å². The second kappa shape index (κ2) is 12.7. The van der Waals surface area contributed by atoms with E-state index in [1.807, 2.05) is 0 Å². The number of alkyl halides is 3. The fraction of sp³-hybridized carbons (Fsp3) is 0.552. The predicted molar refractivity (Wildman–Crippen MR) is 153 cm³/mol. The summed E-state index contributed by atoms with van der Waals surface area (Å²) >= 11 is 0. The third-order valence-corrected chi connectivity index (χ3v) is 9.74. The summed E-state index contributed by atoms with van der Waals surface area (Å²) in [6.45, 7) is 6.86. The Morgan fingerprint density at radius 2 is 1.89 bits per heavy atom. The van der Waals surface area contributed by atoms with Crippen LogP contribution < -0.4 is 10.2 Å². The molecule has 0 bridgehead atoms. The lowest BCUT2D eigenvalue weighted by atomic mass is 9.82. The standard InChI is InChI=1S/C28H32F3N5O5S.CHN/c1-2-35-25-21(23(26(38)34-10-13-42(40)15-34)33-36(25)19-8-11-41-12-9-19)20(16-6-7-16)22(27(35)39)32-24(37)17-4-3-5-18(14-17)28(29,30)31;1-2/h3-5,14,16,19-20,22H,2,6-13,15H2,1H3,(H,32,37);1H. The van der Waals surface area contributed by atoms with Gasteiger partial charge in [0.1, 0.15) is 11.9 Å². The highest BCUT2D eigenvalue weighted by Gasteiger charge is 2.52. The molecule has 4 aliphatic rings. The molecule has 1 aromatic carbocycles. The molecule has 0 spiro atoms. The van der Waals surface area contributed by atoms with Gasteiger partial charge in [0.15, 0.2) is 5.69 Å². The topological polar surface area (TPSA) is 138 Å². The van der Waals surface area contributed by atoms with E-state index in [1.165, 1.54) is 15.9 Å². The molecule has 11 nitrogen and oxygen atoms in total. The molecule has 3 atom stereocenters. The lowest BCUT2D eigenvalue weighted by Gasteiger charge is -2.39. The summed E-state index contributed by atoms with van der Waals surface area (Å²) in [4.78, 5) is 44.4. The summed E-state index contributed by atoms with van der Waals surface area (Å²) in [5, 5.41) is 14.1. The van der Waals surface area contributed by atoms with Crippen LogP contribution in [0.3, 0.4) is 0 Å². The van der Waals surface area contributed by atoms with Gasteiger partial charge in [-0.15, -0.1) is 0 Å². The number of hydrogen-bond acceptors (Lipinski definition) is 7. The number of nitrogens with one attached hydrogen (secondary N) is 1. The Bertz CT molecular complexity index is 1480. The fourth-order valence-corrected chi connectivity index (χ4v) is 7.40. The highest BCUT2D eigenvalue weighted by molar-refractivity contribution is 7.85. The van der Waals surface area contributed by atoms with Crippen molar-refractivity contribution in [2.45, 2.75) is 56.8 Å². The van der Waals surface area contributed by atoms with Crippen molar-refractivity contribution in [2.75, 3.05) is 42.8 Å². The number of aromatic nitrogens is 2. The number of likely N-dealkylation sites (N-methyl/N-ethyl adjacent to an activating group) is 1. The second-order valence-electron chi connectivity index (χ2n) is 11.2. The first-order valence-corrected chi connectivity index (χ1v) is 16.0. The maximum Gasteiger partial charge on any atom is 0.416 e. The summed E-state index contributed by atoms with van der Waals surface area (Å²) < 4.78 is 59.5. The number of carbonyl (C=O) groups excluding carboxylic acids is 3. The van der Waals surface area contributed by atoms with Crippen LogP contribution in [0.15, 0.2) is 24.3 Å². The molecular formula is C29H33F3N6O5S. The fourth-order valence-electron chi connectivity index (χ4n) is 6.26. The van der Waals surface area contributed by atoms with Gasteiger partial charge in [-0.1, -0.05) is 6.07 Å². The largest absolute Gasteiger partial charge is 0.416 e. The summed E-state index contributed by atoms with van der Waals surface area (Å²) in [6, 6.07) is 2.87. The molecule has 4 heterocycles. The number of hydrogen-bond donors (Lipinski definition) is 1. The molecule has 0 radical (unpaired) electrons. The van der Waals surface area contributed by atoms with Crippen LogP contribution in [0.1, 0.15) is 76.5 Å². The van der Waals surface area contributed by atoms with Crippen molar-refractivity contribution in [2.24, 2.45) is 5.92 Å². The number of benzene rings is 1. The van der Waals surface area contributed by atoms with Crippen molar-refractivity contribution >= 4 is 34.3 Å². The van der Waals surface area contributed by atoms with Gasteiger partial charge in [0, 0.05) is 66.5 Å². The smallest absolute Gasteiger partial charge is 0.381 e. The predicted octanol–water partition coefficient (Wildman–Crippen LogP) is 3.21. The molecule has 15 heteroatoms. The number of nitrogens with zero attached hydrogens (tertiary/aromatic N) is 5. The van der Waals surface area contributed by atoms with E-state index >= 15 is 0 Å². The monoisotopic (exact) mass is 634 g/mol. The molecule has 3 unspecified atom stereocenters. The van der Waals surface area contributed by atoms with Gasteiger partial charge in [-0.3, -0.25) is 23.5 Å². The van der Waals surface area contributed by atoms with Gasteiger partial charge < -0.3 is 15.0 Å². The van der Waals surface area contributed by atoms with Crippen LogP contribution in [0.2, 0.25) is 0 Å². The zero-order valence-electron chi connectivity index (χ0n) is 24.1. The first-order chi connectivity index (χ1) is 21.1. The van der Waals surface area contributed by atoms with Gasteiger partial charge in [0.25, 0.3) is 17.7 Å². The molecule has 1 aromatic heterocycles. The Hall–Kier alpha value is -3.77. The molecule has 6 rings (SSSR count). The Labute approximate surface area is 254 Å². The average Bonchev–Trinajstić information content (AvgIpc) is 3.65.